The van der Waals surface area contributed by atoms with Crippen LogP contribution in [-0.4, -0.2) is 23.4 Å². The van der Waals surface area contributed by atoms with Crippen molar-refractivity contribution >= 4 is 17.3 Å². The molecule has 0 aromatic heterocycles. The number of ether oxygens (including phenoxy) is 1. The smallest absolute Gasteiger partial charge is 0.159 e. The van der Waals surface area contributed by atoms with Crippen molar-refractivity contribution in [2.75, 3.05) is 13.2 Å². The molecular weight excluding hydrogens is 136 g/mol. The summed E-state index contributed by atoms with van der Waals surface area (Å²) in [4.78, 5) is 0. The first kappa shape index (κ1) is 8.85. The molecule has 0 saturated heterocycles. The zero-order chi connectivity index (χ0) is 7.11. The van der Waals surface area contributed by atoms with Crippen LogP contribution >= 0.6 is 12.2 Å². The number of hydrogen-bond acceptors (Lipinski definition) is 3. The Morgan fingerprint density at radius 1 is 1.67 bits per heavy atom. The van der Waals surface area contributed by atoms with E-state index in [1.54, 1.807) is 0 Å². The lowest BCUT2D eigenvalue weighted by molar-refractivity contribution is 0.194. The third-order valence-electron chi connectivity index (χ3n) is 0.808. The van der Waals surface area contributed by atoms with Crippen LogP contribution in [0.5, 0.6) is 0 Å². The second kappa shape index (κ2) is 5.98. The number of aliphatic hydroxyl groups excluding tert-OH is 1. The molecule has 0 spiro atoms. The lowest BCUT2D eigenvalue weighted by Crippen LogP contribution is -2.05. The van der Waals surface area contributed by atoms with E-state index in [1.165, 1.54) is 0 Å². The quantitative estimate of drug-likeness (QED) is 0.606. The fourth-order valence-corrected chi connectivity index (χ4v) is 0.723. The van der Waals surface area contributed by atoms with Crippen LogP contribution in [0.2, 0.25) is 0 Å². The minimum atomic E-state index is 0.0455. The molecule has 0 aromatic rings. The predicted octanol–water partition coefficient (Wildman–Crippen LogP) is 1.12. The Morgan fingerprint density at radius 2 is 2.33 bits per heavy atom. The summed E-state index contributed by atoms with van der Waals surface area (Å²) in [5.41, 5.74) is 0. The average Bonchev–Trinajstić information content (AvgIpc) is 1.85. The molecule has 0 radical (unpaired) electrons. The Hall–Kier alpha value is -0.150. The molecule has 54 valence electrons. The van der Waals surface area contributed by atoms with E-state index < -0.39 is 0 Å². The average molecular weight is 148 g/mol. The number of thiocarbonyl (C=S) groups is 1. The van der Waals surface area contributed by atoms with Gasteiger partial charge in [0.1, 0.15) is 6.61 Å². The summed E-state index contributed by atoms with van der Waals surface area (Å²) in [5, 5.41) is 8.90. The molecule has 0 heterocycles. The van der Waals surface area contributed by atoms with Gasteiger partial charge in [-0.15, -0.1) is 0 Å². The summed E-state index contributed by atoms with van der Waals surface area (Å²) in [6, 6.07) is 0. The maximum absolute atomic E-state index is 8.30. The highest BCUT2D eigenvalue weighted by Crippen LogP contribution is 1.92. The molecule has 0 aliphatic rings. The molecule has 1 N–H and O–H groups in total. The maximum atomic E-state index is 8.30. The maximum Gasteiger partial charge on any atom is 0.159 e. The van der Waals surface area contributed by atoms with Crippen molar-refractivity contribution in [2.45, 2.75) is 19.8 Å². The van der Waals surface area contributed by atoms with E-state index >= 15 is 0 Å². The predicted molar refractivity (Wildman–Crippen MR) is 40.5 cm³/mol. The first-order chi connectivity index (χ1) is 4.31. The van der Waals surface area contributed by atoms with Gasteiger partial charge in [-0.3, -0.25) is 0 Å². The summed E-state index contributed by atoms with van der Waals surface area (Å²) < 4.78 is 4.91. The first-order valence-electron chi connectivity index (χ1n) is 3.07. The molecule has 0 bridgehead atoms. The van der Waals surface area contributed by atoms with Crippen molar-refractivity contribution in [3.05, 3.63) is 0 Å². The van der Waals surface area contributed by atoms with Gasteiger partial charge in [-0.2, -0.15) is 0 Å². The highest BCUT2D eigenvalue weighted by atomic mass is 32.1. The van der Waals surface area contributed by atoms with Gasteiger partial charge in [0.05, 0.1) is 6.61 Å². The van der Waals surface area contributed by atoms with Gasteiger partial charge in [0, 0.05) is 6.42 Å². The summed E-state index contributed by atoms with van der Waals surface area (Å²) in [6.07, 6.45) is 1.82. The Kier molecular flexibility index (Phi) is 5.88. The Labute approximate surface area is 60.8 Å². The standard InChI is InChI=1S/C6H12O2S/c1-2-3-6(9)8-5-4-7/h7H,2-5H2,1H3. The first-order valence-corrected chi connectivity index (χ1v) is 3.48. The Bertz CT molecular complexity index is 83.1. The second-order valence-electron chi connectivity index (χ2n) is 1.69. The van der Waals surface area contributed by atoms with Crippen molar-refractivity contribution in [3.8, 4) is 0 Å². The molecule has 0 aliphatic carbocycles. The molecular formula is C6H12O2S. The van der Waals surface area contributed by atoms with E-state index in [4.69, 9.17) is 22.1 Å². The third-order valence-corrected chi connectivity index (χ3v) is 1.13. The zero-order valence-electron chi connectivity index (χ0n) is 5.59. The van der Waals surface area contributed by atoms with E-state index in [1.807, 2.05) is 6.92 Å². The van der Waals surface area contributed by atoms with Crippen LogP contribution in [0.1, 0.15) is 19.8 Å². The molecule has 0 unspecified atom stereocenters. The fourth-order valence-electron chi connectivity index (χ4n) is 0.436. The molecule has 9 heavy (non-hydrogen) atoms. The van der Waals surface area contributed by atoms with Gasteiger partial charge in [-0.1, -0.05) is 6.92 Å². The molecule has 0 amide bonds. The largest absolute Gasteiger partial charge is 0.485 e. The van der Waals surface area contributed by atoms with E-state index in [0.717, 1.165) is 12.8 Å². The van der Waals surface area contributed by atoms with Gasteiger partial charge in [0.2, 0.25) is 0 Å². The number of aliphatic hydroxyl groups is 1. The van der Waals surface area contributed by atoms with E-state index in [9.17, 15) is 0 Å². The van der Waals surface area contributed by atoms with Crippen LogP contribution < -0.4 is 0 Å². The van der Waals surface area contributed by atoms with Crippen molar-refractivity contribution in [1.29, 1.82) is 0 Å². The Balaban J connectivity index is 3.06. The van der Waals surface area contributed by atoms with E-state index in [-0.39, 0.29) is 6.61 Å². The monoisotopic (exact) mass is 148 g/mol. The summed E-state index contributed by atoms with van der Waals surface area (Å²) in [7, 11) is 0. The topological polar surface area (TPSA) is 29.5 Å². The minimum Gasteiger partial charge on any atom is -0.485 e. The summed E-state index contributed by atoms with van der Waals surface area (Å²) >= 11 is 4.79. The molecule has 0 fully saturated rings. The Morgan fingerprint density at radius 3 is 2.78 bits per heavy atom. The van der Waals surface area contributed by atoms with Gasteiger partial charge in [-0.25, -0.2) is 0 Å². The van der Waals surface area contributed by atoms with Crippen LogP contribution in [-0.2, 0) is 4.74 Å². The van der Waals surface area contributed by atoms with Crippen molar-refractivity contribution in [2.24, 2.45) is 0 Å². The van der Waals surface area contributed by atoms with E-state index in [2.05, 4.69) is 0 Å². The molecule has 0 aromatic carbocycles. The lowest BCUT2D eigenvalue weighted by Gasteiger charge is -2.02. The third kappa shape index (κ3) is 5.73. The normalized spacial score (nSPS) is 9.11. The molecule has 2 nitrogen and oxygen atoms in total. The van der Waals surface area contributed by atoms with Crippen LogP contribution in [0.4, 0.5) is 0 Å². The highest BCUT2D eigenvalue weighted by Gasteiger charge is 1.92. The van der Waals surface area contributed by atoms with Gasteiger partial charge in [0.25, 0.3) is 0 Å². The van der Waals surface area contributed by atoms with Gasteiger partial charge >= 0.3 is 0 Å². The SMILES string of the molecule is CCCC(=S)OCCO. The van der Waals surface area contributed by atoms with Gasteiger partial charge in [0.15, 0.2) is 5.05 Å². The van der Waals surface area contributed by atoms with Crippen LogP contribution in [0.25, 0.3) is 0 Å². The molecule has 0 aliphatic heterocycles. The molecule has 3 heteroatoms. The lowest BCUT2D eigenvalue weighted by atomic mass is 10.4. The zero-order valence-corrected chi connectivity index (χ0v) is 6.41. The molecule has 0 saturated carbocycles. The van der Waals surface area contributed by atoms with E-state index in [0.29, 0.717) is 11.7 Å². The number of rotatable bonds is 4. The van der Waals surface area contributed by atoms with Gasteiger partial charge < -0.3 is 9.84 Å². The fraction of sp³-hybridized carbons (Fsp3) is 0.833. The number of hydrogen-bond donors (Lipinski definition) is 1. The second-order valence-corrected chi connectivity index (χ2v) is 2.15. The van der Waals surface area contributed by atoms with Crippen LogP contribution in [0.3, 0.4) is 0 Å². The highest BCUT2D eigenvalue weighted by molar-refractivity contribution is 7.80. The van der Waals surface area contributed by atoms with Crippen LogP contribution in [0, 0.1) is 0 Å². The van der Waals surface area contributed by atoms with Gasteiger partial charge in [-0.05, 0) is 18.6 Å². The van der Waals surface area contributed by atoms with Crippen molar-refractivity contribution in [3.63, 3.8) is 0 Å². The van der Waals surface area contributed by atoms with Crippen molar-refractivity contribution < 1.29 is 9.84 Å². The summed E-state index contributed by atoms with van der Waals surface area (Å²) in [6.45, 7) is 2.41. The molecule has 0 atom stereocenters. The molecule has 0 rings (SSSR count). The minimum absolute atomic E-state index is 0.0455. The van der Waals surface area contributed by atoms with Crippen LogP contribution in [0.15, 0.2) is 0 Å². The van der Waals surface area contributed by atoms with Crippen molar-refractivity contribution in [1.82, 2.24) is 0 Å². The summed E-state index contributed by atoms with van der Waals surface area (Å²) in [5.74, 6) is 0.